The largest absolute Gasteiger partial charge is 0.382 e. The van der Waals surface area contributed by atoms with Crippen LogP contribution in [0.5, 0.6) is 0 Å². The summed E-state index contributed by atoms with van der Waals surface area (Å²) >= 11 is 6.24. The van der Waals surface area contributed by atoms with E-state index in [1.807, 2.05) is 16.9 Å². The summed E-state index contributed by atoms with van der Waals surface area (Å²) in [5.41, 5.74) is 14.2. The Balaban J connectivity index is 1.52. The van der Waals surface area contributed by atoms with Gasteiger partial charge in [-0.2, -0.15) is 20.0 Å². The molecule has 0 aromatic carbocycles. The van der Waals surface area contributed by atoms with Crippen LogP contribution < -0.4 is 16.8 Å². The van der Waals surface area contributed by atoms with Gasteiger partial charge in [-0.15, -0.1) is 0 Å². The average molecular weight is 386 g/mol. The number of nitrogens with zero attached hydrogens (tertiary/aromatic N) is 6. The number of halogens is 1. The second-order valence-electron chi connectivity index (χ2n) is 6.82. The van der Waals surface area contributed by atoms with Crippen molar-refractivity contribution in [1.29, 1.82) is 5.26 Å². The molecular weight excluding hydrogens is 366 g/mol. The predicted octanol–water partition coefficient (Wildman–Crippen LogP) is 1.44. The lowest BCUT2D eigenvalue weighted by molar-refractivity contribution is 0.438. The molecule has 0 aliphatic heterocycles. The van der Waals surface area contributed by atoms with Gasteiger partial charge in [0, 0.05) is 25.7 Å². The second kappa shape index (κ2) is 6.40. The van der Waals surface area contributed by atoms with E-state index in [0.29, 0.717) is 41.7 Å². The number of rotatable bonds is 6. The Morgan fingerprint density at radius 3 is 2.85 bits per heavy atom. The van der Waals surface area contributed by atoms with E-state index in [2.05, 4.69) is 26.6 Å². The lowest BCUT2D eigenvalue weighted by Crippen LogP contribution is -2.27. The van der Waals surface area contributed by atoms with Crippen molar-refractivity contribution in [2.24, 2.45) is 5.73 Å². The molecule has 3 heterocycles. The average Bonchev–Trinajstić information content (AvgIpc) is 3.23. The molecule has 0 amide bonds. The molecule has 3 aromatic heterocycles. The van der Waals surface area contributed by atoms with E-state index in [0.717, 1.165) is 18.5 Å². The van der Waals surface area contributed by atoms with Crippen molar-refractivity contribution in [3.63, 3.8) is 0 Å². The number of nitriles is 1. The number of aryl methyl sites for hydroxylation is 1. The van der Waals surface area contributed by atoms with Gasteiger partial charge >= 0.3 is 0 Å². The van der Waals surface area contributed by atoms with Crippen LogP contribution in [0.3, 0.4) is 0 Å². The number of hydrogen-bond acceptors (Lipinski definition) is 7. The summed E-state index contributed by atoms with van der Waals surface area (Å²) < 4.78 is 3.37. The minimum absolute atomic E-state index is 0.0112. The fourth-order valence-electron chi connectivity index (χ4n) is 3.13. The van der Waals surface area contributed by atoms with Crippen LogP contribution in [0.4, 0.5) is 11.6 Å². The molecule has 1 fully saturated rings. The molecule has 27 heavy (non-hydrogen) atoms. The third-order valence-corrected chi connectivity index (χ3v) is 5.47. The molecule has 0 spiro atoms. The van der Waals surface area contributed by atoms with Crippen LogP contribution in [0.2, 0.25) is 5.02 Å². The molecule has 0 bridgehead atoms. The molecule has 0 radical (unpaired) electrons. The normalized spacial score (nSPS) is 15.0. The first kappa shape index (κ1) is 17.6. The van der Waals surface area contributed by atoms with Gasteiger partial charge in [0.2, 0.25) is 0 Å². The van der Waals surface area contributed by atoms with Gasteiger partial charge < -0.3 is 16.8 Å². The topological polar surface area (TPSA) is 136 Å². The molecular formula is C17H20ClN9. The SMILES string of the molecule is Cc1nn2c(N)c(C#N)c(NCCc3ccn(C4(CN)CC4)n3)nc2c1Cl. The molecule has 9 nitrogen and oxygen atoms in total. The highest BCUT2D eigenvalue weighted by Gasteiger charge is 2.44. The van der Waals surface area contributed by atoms with Crippen molar-refractivity contribution in [3.05, 3.63) is 34.2 Å². The molecule has 0 unspecified atom stereocenters. The Bertz CT molecular complexity index is 1050. The molecule has 5 N–H and O–H groups in total. The van der Waals surface area contributed by atoms with E-state index in [4.69, 9.17) is 23.1 Å². The molecule has 10 heteroatoms. The smallest absolute Gasteiger partial charge is 0.178 e. The first-order chi connectivity index (χ1) is 13.0. The lowest BCUT2D eigenvalue weighted by atomic mass is 10.2. The van der Waals surface area contributed by atoms with Crippen molar-refractivity contribution in [2.45, 2.75) is 31.7 Å². The zero-order valence-corrected chi connectivity index (χ0v) is 15.7. The van der Waals surface area contributed by atoms with E-state index in [9.17, 15) is 5.26 Å². The van der Waals surface area contributed by atoms with Crippen molar-refractivity contribution in [1.82, 2.24) is 24.4 Å². The lowest BCUT2D eigenvalue weighted by Gasteiger charge is -2.12. The van der Waals surface area contributed by atoms with Gasteiger partial charge in [0.05, 0.1) is 16.9 Å². The number of aromatic nitrogens is 5. The summed E-state index contributed by atoms with van der Waals surface area (Å²) in [5, 5.41) is 21.9. The summed E-state index contributed by atoms with van der Waals surface area (Å²) in [6.07, 6.45) is 4.80. The van der Waals surface area contributed by atoms with Crippen LogP contribution in [0, 0.1) is 18.3 Å². The van der Waals surface area contributed by atoms with Crippen LogP contribution in [0.1, 0.15) is 29.8 Å². The minimum atomic E-state index is 0.0112. The van der Waals surface area contributed by atoms with Gasteiger partial charge in [0.15, 0.2) is 5.65 Å². The molecule has 1 saturated carbocycles. The number of nitrogen functional groups attached to an aromatic ring is 1. The zero-order chi connectivity index (χ0) is 19.2. The van der Waals surface area contributed by atoms with Crippen molar-refractivity contribution >= 4 is 28.9 Å². The molecule has 140 valence electrons. The molecule has 1 aliphatic carbocycles. The highest BCUT2D eigenvalue weighted by atomic mass is 35.5. The van der Waals surface area contributed by atoms with Crippen LogP contribution in [-0.4, -0.2) is 37.5 Å². The van der Waals surface area contributed by atoms with Crippen LogP contribution in [0.25, 0.3) is 5.65 Å². The summed E-state index contributed by atoms with van der Waals surface area (Å²) in [4.78, 5) is 4.44. The maximum atomic E-state index is 9.47. The number of hydrogen-bond donors (Lipinski definition) is 3. The monoisotopic (exact) mass is 385 g/mol. The number of nitrogens with one attached hydrogen (secondary N) is 1. The van der Waals surface area contributed by atoms with Gasteiger partial charge in [0.1, 0.15) is 28.3 Å². The van der Waals surface area contributed by atoms with Gasteiger partial charge in [-0.1, -0.05) is 11.6 Å². The van der Waals surface area contributed by atoms with Gasteiger partial charge in [-0.3, -0.25) is 4.68 Å². The summed E-state index contributed by atoms with van der Waals surface area (Å²) in [5.74, 6) is 0.604. The highest BCUT2D eigenvalue weighted by molar-refractivity contribution is 6.34. The zero-order valence-electron chi connectivity index (χ0n) is 14.9. The van der Waals surface area contributed by atoms with Crippen molar-refractivity contribution in [2.75, 3.05) is 24.1 Å². The Kier molecular flexibility index (Phi) is 4.17. The molecule has 4 rings (SSSR count). The van der Waals surface area contributed by atoms with Gasteiger partial charge in [0.25, 0.3) is 0 Å². The Hall–Kier alpha value is -2.83. The highest BCUT2D eigenvalue weighted by Crippen LogP contribution is 2.41. The summed E-state index contributed by atoms with van der Waals surface area (Å²) in [6, 6.07) is 4.08. The van der Waals surface area contributed by atoms with E-state index in [1.54, 1.807) is 6.92 Å². The maximum absolute atomic E-state index is 9.47. The van der Waals surface area contributed by atoms with E-state index >= 15 is 0 Å². The second-order valence-corrected chi connectivity index (χ2v) is 7.20. The molecule has 0 atom stereocenters. The molecule has 0 saturated heterocycles. The third kappa shape index (κ3) is 2.87. The summed E-state index contributed by atoms with van der Waals surface area (Å²) in [7, 11) is 0. The van der Waals surface area contributed by atoms with Crippen molar-refractivity contribution < 1.29 is 0 Å². The minimum Gasteiger partial charge on any atom is -0.382 e. The van der Waals surface area contributed by atoms with Crippen molar-refractivity contribution in [3.8, 4) is 6.07 Å². The van der Waals surface area contributed by atoms with Crippen LogP contribution in [0.15, 0.2) is 12.3 Å². The fraction of sp³-hybridized carbons (Fsp3) is 0.412. The number of anilines is 2. The van der Waals surface area contributed by atoms with Gasteiger partial charge in [-0.25, -0.2) is 4.98 Å². The van der Waals surface area contributed by atoms with Gasteiger partial charge in [-0.05, 0) is 25.8 Å². The van der Waals surface area contributed by atoms with E-state index in [-0.39, 0.29) is 16.9 Å². The standard InChI is InChI=1S/C17H20ClN9/c1-10-13(18)16-23-15(12(8-19)14(21)27(16)24-10)22-6-2-11-3-7-26(25-11)17(9-20)4-5-17/h3,7H,2,4-6,9,20-21H2,1H3,(H,22,23). The fourth-order valence-corrected chi connectivity index (χ4v) is 3.29. The first-order valence-corrected chi connectivity index (χ1v) is 9.10. The van der Waals surface area contributed by atoms with Crippen LogP contribution >= 0.6 is 11.6 Å². The third-order valence-electron chi connectivity index (χ3n) is 5.03. The quantitative estimate of drug-likeness (QED) is 0.584. The Morgan fingerprint density at radius 1 is 1.41 bits per heavy atom. The number of fused-ring (bicyclic) bond motifs is 1. The molecule has 1 aliphatic rings. The maximum Gasteiger partial charge on any atom is 0.178 e. The first-order valence-electron chi connectivity index (χ1n) is 8.72. The van der Waals surface area contributed by atoms with E-state index in [1.165, 1.54) is 4.52 Å². The van der Waals surface area contributed by atoms with E-state index < -0.39 is 0 Å². The molecule has 3 aromatic rings. The Labute approximate surface area is 160 Å². The number of nitrogens with two attached hydrogens (primary N) is 2. The summed E-state index contributed by atoms with van der Waals surface area (Å²) in [6.45, 7) is 2.92. The Morgan fingerprint density at radius 2 is 2.19 bits per heavy atom. The van der Waals surface area contributed by atoms with Crippen LogP contribution in [-0.2, 0) is 12.0 Å². The predicted molar refractivity (Wildman–Crippen MR) is 103 cm³/mol.